The molecule has 7 heteroatoms. The predicted molar refractivity (Wildman–Crippen MR) is 125 cm³/mol. The average Bonchev–Trinajstić information content (AvgIpc) is 3.08. The van der Waals surface area contributed by atoms with Gasteiger partial charge < -0.3 is 19.6 Å². The topological polar surface area (TPSA) is 82.1 Å². The zero-order valence-electron chi connectivity index (χ0n) is 19.4. The molecule has 176 valence electrons. The molecule has 0 aromatic heterocycles. The highest BCUT2D eigenvalue weighted by molar-refractivity contribution is 5.87. The number of anilines is 2. The molecular formula is C25H37N3O4. The van der Waals surface area contributed by atoms with E-state index >= 15 is 0 Å². The van der Waals surface area contributed by atoms with E-state index in [9.17, 15) is 14.7 Å². The van der Waals surface area contributed by atoms with Crippen molar-refractivity contribution in [2.75, 3.05) is 36.5 Å². The van der Waals surface area contributed by atoms with Gasteiger partial charge in [-0.1, -0.05) is 6.92 Å². The first-order valence-corrected chi connectivity index (χ1v) is 12.2. The molecule has 3 fully saturated rings. The summed E-state index contributed by atoms with van der Waals surface area (Å²) in [5, 5.41) is 12.6. The normalized spacial score (nSPS) is 28.3. The molecule has 2 heterocycles. The van der Waals surface area contributed by atoms with Crippen LogP contribution in [0.5, 0.6) is 0 Å². The van der Waals surface area contributed by atoms with E-state index in [1.807, 2.05) is 25.1 Å². The van der Waals surface area contributed by atoms with Gasteiger partial charge in [-0.25, -0.2) is 4.79 Å². The maximum absolute atomic E-state index is 13.6. The van der Waals surface area contributed by atoms with Crippen molar-refractivity contribution in [2.45, 2.75) is 77.4 Å². The van der Waals surface area contributed by atoms with Gasteiger partial charge in [-0.15, -0.1) is 0 Å². The Bertz CT molecular complexity index is 836. The van der Waals surface area contributed by atoms with Gasteiger partial charge in [-0.2, -0.15) is 0 Å². The fraction of sp³-hybridized carbons (Fsp3) is 0.680. The minimum Gasteiger partial charge on any atom is -0.449 e. The predicted octanol–water partition coefficient (Wildman–Crippen LogP) is 4.08. The van der Waals surface area contributed by atoms with Crippen molar-refractivity contribution < 1.29 is 19.4 Å². The molecule has 7 nitrogen and oxygen atoms in total. The van der Waals surface area contributed by atoms with Crippen LogP contribution >= 0.6 is 0 Å². The van der Waals surface area contributed by atoms with Crippen molar-refractivity contribution in [1.29, 1.82) is 0 Å². The van der Waals surface area contributed by atoms with Crippen molar-refractivity contribution in [3.63, 3.8) is 0 Å². The zero-order valence-corrected chi connectivity index (χ0v) is 19.4. The van der Waals surface area contributed by atoms with Crippen LogP contribution in [0.3, 0.4) is 0 Å². The third-order valence-corrected chi connectivity index (χ3v) is 7.45. The first kappa shape index (κ1) is 22.9. The van der Waals surface area contributed by atoms with Crippen LogP contribution in [0, 0.1) is 12.3 Å². The number of aryl methyl sites for hydroxylation is 1. The van der Waals surface area contributed by atoms with E-state index in [2.05, 4.69) is 22.0 Å². The van der Waals surface area contributed by atoms with Gasteiger partial charge in [0, 0.05) is 37.1 Å². The first-order chi connectivity index (χ1) is 15.4. The van der Waals surface area contributed by atoms with Crippen LogP contribution in [0.4, 0.5) is 16.2 Å². The summed E-state index contributed by atoms with van der Waals surface area (Å²) in [6.07, 6.45) is 6.49. The Morgan fingerprint density at radius 3 is 2.72 bits per heavy atom. The van der Waals surface area contributed by atoms with Crippen LogP contribution in [0.25, 0.3) is 0 Å². The van der Waals surface area contributed by atoms with E-state index in [0.717, 1.165) is 87.9 Å². The highest BCUT2D eigenvalue weighted by Gasteiger charge is 2.50. The number of aliphatic hydroxyl groups is 1. The fourth-order valence-corrected chi connectivity index (χ4v) is 5.72. The number of piperidine rings is 1. The molecule has 2 saturated heterocycles. The van der Waals surface area contributed by atoms with Crippen LogP contribution in [-0.2, 0) is 9.53 Å². The number of nitrogens with one attached hydrogen (secondary N) is 1. The van der Waals surface area contributed by atoms with Crippen LogP contribution in [0.1, 0.15) is 63.9 Å². The number of amides is 2. The Balaban J connectivity index is 1.42. The number of aliphatic hydroxyl groups excluding tert-OH is 1. The summed E-state index contributed by atoms with van der Waals surface area (Å²) >= 11 is 0. The van der Waals surface area contributed by atoms with E-state index in [1.54, 1.807) is 0 Å². The van der Waals surface area contributed by atoms with E-state index in [-0.39, 0.29) is 11.5 Å². The van der Waals surface area contributed by atoms with Crippen molar-refractivity contribution >= 4 is 23.4 Å². The molecule has 32 heavy (non-hydrogen) atoms. The van der Waals surface area contributed by atoms with Crippen LogP contribution in [0.2, 0.25) is 0 Å². The average molecular weight is 444 g/mol. The second-order valence-corrected chi connectivity index (χ2v) is 9.78. The maximum Gasteiger partial charge on any atom is 0.411 e. The van der Waals surface area contributed by atoms with Crippen LogP contribution in [0.15, 0.2) is 18.2 Å². The highest BCUT2D eigenvalue weighted by Crippen LogP contribution is 2.44. The van der Waals surface area contributed by atoms with Crippen LogP contribution in [-0.4, -0.2) is 60.4 Å². The Kier molecular flexibility index (Phi) is 6.93. The molecule has 1 aliphatic carbocycles. The standard InChI is InChI=1S/C25H37N3O4/c1-3-15-32-24(31)26-19-5-10-22(18(2)16-19)27-13-4-11-25(17-27)12-14-28(23(25)30)20-6-8-21(29)9-7-20/h5,10,16,20-21,29H,3-4,6-9,11-15,17H2,1-2H3,(H,26,31)/t20?,21?,25-/m0/s1. The quantitative estimate of drug-likeness (QED) is 0.717. The monoisotopic (exact) mass is 443 g/mol. The number of carbonyl (C=O) groups is 2. The number of carbonyl (C=O) groups excluding carboxylic acids is 2. The van der Waals surface area contributed by atoms with E-state index in [0.29, 0.717) is 18.6 Å². The van der Waals surface area contributed by atoms with Gasteiger partial charge in [0.1, 0.15) is 0 Å². The Morgan fingerprint density at radius 1 is 1.22 bits per heavy atom. The molecule has 1 spiro atoms. The molecule has 1 saturated carbocycles. The Hall–Kier alpha value is -2.28. The van der Waals surface area contributed by atoms with Gasteiger partial charge in [0.25, 0.3) is 0 Å². The van der Waals surface area contributed by atoms with Gasteiger partial charge in [0.2, 0.25) is 5.91 Å². The largest absolute Gasteiger partial charge is 0.449 e. The molecule has 2 N–H and O–H groups in total. The number of benzene rings is 1. The summed E-state index contributed by atoms with van der Waals surface area (Å²) in [6, 6.07) is 6.22. The molecule has 1 atom stereocenters. The maximum atomic E-state index is 13.6. The van der Waals surface area contributed by atoms with Crippen LogP contribution < -0.4 is 10.2 Å². The number of nitrogens with zero attached hydrogens (tertiary/aromatic N) is 2. The SMILES string of the molecule is CCCOC(=O)Nc1ccc(N2CCC[C@]3(CCN(C4CCC(O)CC4)C3=O)C2)c(C)c1. The zero-order chi connectivity index (χ0) is 22.7. The van der Waals surface area contributed by atoms with Gasteiger partial charge in [0.15, 0.2) is 0 Å². The molecule has 0 radical (unpaired) electrons. The second kappa shape index (κ2) is 9.69. The molecule has 2 amide bonds. The lowest BCUT2D eigenvalue weighted by molar-refractivity contribution is -0.139. The lowest BCUT2D eigenvalue weighted by Gasteiger charge is -2.42. The lowest BCUT2D eigenvalue weighted by atomic mass is 9.78. The minimum absolute atomic E-state index is 0.197. The lowest BCUT2D eigenvalue weighted by Crippen LogP contribution is -2.50. The summed E-state index contributed by atoms with van der Waals surface area (Å²) < 4.78 is 5.11. The minimum atomic E-state index is -0.428. The van der Waals surface area contributed by atoms with Gasteiger partial charge >= 0.3 is 6.09 Å². The summed E-state index contributed by atoms with van der Waals surface area (Å²) in [4.78, 5) is 29.9. The second-order valence-electron chi connectivity index (χ2n) is 9.78. The van der Waals surface area contributed by atoms with Crippen molar-refractivity contribution in [1.82, 2.24) is 4.90 Å². The van der Waals surface area contributed by atoms with E-state index in [1.165, 1.54) is 0 Å². The molecule has 0 bridgehead atoms. The Morgan fingerprint density at radius 2 is 2.00 bits per heavy atom. The highest BCUT2D eigenvalue weighted by atomic mass is 16.5. The third kappa shape index (κ3) is 4.72. The first-order valence-electron chi connectivity index (χ1n) is 12.2. The molecule has 3 aliphatic rings. The number of likely N-dealkylation sites (tertiary alicyclic amines) is 1. The molecule has 1 aromatic rings. The summed E-state index contributed by atoms with van der Waals surface area (Å²) in [6.45, 7) is 6.96. The van der Waals surface area contributed by atoms with E-state index in [4.69, 9.17) is 4.74 Å². The molecule has 0 unspecified atom stereocenters. The third-order valence-electron chi connectivity index (χ3n) is 7.45. The van der Waals surface area contributed by atoms with Gasteiger partial charge in [-0.3, -0.25) is 10.1 Å². The Labute approximate surface area is 191 Å². The van der Waals surface area contributed by atoms with Crippen molar-refractivity contribution in [3.05, 3.63) is 23.8 Å². The van der Waals surface area contributed by atoms with Crippen molar-refractivity contribution in [3.8, 4) is 0 Å². The molecule has 2 aliphatic heterocycles. The number of hydrogen-bond donors (Lipinski definition) is 2. The number of ether oxygens (including phenoxy) is 1. The number of rotatable bonds is 5. The van der Waals surface area contributed by atoms with Gasteiger partial charge in [0.05, 0.1) is 18.1 Å². The fourth-order valence-electron chi connectivity index (χ4n) is 5.72. The van der Waals surface area contributed by atoms with Gasteiger partial charge in [-0.05, 0) is 82.1 Å². The molecular weight excluding hydrogens is 406 g/mol. The van der Waals surface area contributed by atoms with E-state index < -0.39 is 6.09 Å². The molecule has 1 aromatic carbocycles. The summed E-state index contributed by atoms with van der Waals surface area (Å²) in [5.74, 6) is 0.318. The molecule has 4 rings (SSSR count). The smallest absolute Gasteiger partial charge is 0.411 e. The summed E-state index contributed by atoms with van der Waals surface area (Å²) in [7, 11) is 0. The summed E-state index contributed by atoms with van der Waals surface area (Å²) in [5.41, 5.74) is 2.64. The van der Waals surface area contributed by atoms with Crippen molar-refractivity contribution in [2.24, 2.45) is 5.41 Å². The number of hydrogen-bond acceptors (Lipinski definition) is 5.